The Kier molecular flexibility index (Phi) is 4.58. The summed E-state index contributed by atoms with van der Waals surface area (Å²) in [6.07, 6.45) is 3.72. The quantitative estimate of drug-likeness (QED) is 0.863. The molecule has 2 rings (SSSR count). The zero-order valence-electron chi connectivity index (χ0n) is 13.6. The maximum atomic E-state index is 12.2. The standard InChI is InChI=1S/C16H22N4O3/c1-16(2,3)23-15(22)20-6-4-5-10(9-20)13-7-11(14(18)21)12(17)8-19-13/h5,7-8H,4,6,9,17H2,1-3H3,(H2,18,21). The third kappa shape index (κ3) is 4.21. The largest absolute Gasteiger partial charge is 0.444 e. The third-order valence-corrected chi connectivity index (χ3v) is 3.33. The number of nitrogens with zero attached hydrogens (tertiary/aromatic N) is 2. The van der Waals surface area contributed by atoms with Gasteiger partial charge in [-0.3, -0.25) is 9.78 Å². The Labute approximate surface area is 135 Å². The van der Waals surface area contributed by atoms with E-state index in [1.807, 2.05) is 26.8 Å². The first kappa shape index (κ1) is 16.8. The Balaban J connectivity index is 2.19. The van der Waals surface area contributed by atoms with Crippen molar-refractivity contribution in [2.75, 3.05) is 18.8 Å². The van der Waals surface area contributed by atoms with Crippen LogP contribution in [0, 0.1) is 0 Å². The van der Waals surface area contributed by atoms with Gasteiger partial charge in [-0.15, -0.1) is 0 Å². The Morgan fingerprint density at radius 2 is 2.04 bits per heavy atom. The van der Waals surface area contributed by atoms with Crippen LogP contribution in [0.4, 0.5) is 10.5 Å². The van der Waals surface area contributed by atoms with Crippen LogP contribution in [0.5, 0.6) is 0 Å². The minimum Gasteiger partial charge on any atom is -0.444 e. The second-order valence-electron chi connectivity index (χ2n) is 6.44. The fourth-order valence-electron chi connectivity index (χ4n) is 2.27. The fourth-order valence-corrected chi connectivity index (χ4v) is 2.27. The lowest BCUT2D eigenvalue weighted by Crippen LogP contribution is -2.39. The van der Waals surface area contributed by atoms with E-state index in [2.05, 4.69) is 4.98 Å². The van der Waals surface area contributed by atoms with Crippen LogP contribution < -0.4 is 11.5 Å². The first-order valence-corrected chi connectivity index (χ1v) is 7.40. The van der Waals surface area contributed by atoms with Crippen molar-refractivity contribution in [2.45, 2.75) is 32.8 Å². The van der Waals surface area contributed by atoms with Gasteiger partial charge in [-0.05, 0) is 38.8 Å². The minimum atomic E-state index is -0.605. The van der Waals surface area contributed by atoms with Gasteiger partial charge in [0.15, 0.2) is 0 Å². The number of carbonyl (C=O) groups is 2. The molecule has 1 aromatic rings. The second-order valence-corrected chi connectivity index (χ2v) is 6.44. The highest BCUT2D eigenvalue weighted by atomic mass is 16.6. The van der Waals surface area contributed by atoms with Crippen LogP contribution in [-0.4, -0.2) is 40.6 Å². The smallest absolute Gasteiger partial charge is 0.410 e. The van der Waals surface area contributed by atoms with Gasteiger partial charge in [-0.2, -0.15) is 0 Å². The Bertz CT molecular complexity index is 662. The molecule has 2 heterocycles. The molecule has 0 saturated carbocycles. The molecule has 4 N–H and O–H groups in total. The molecule has 2 amide bonds. The van der Waals surface area contributed by atoms with Crippen molar-refractivity contribution in [2.24, 2.45) is 5.73 Å². The molecular weight excluding hydrogens is 296 g/mol. The summed E-state index contributed by atoms with van der Waals surface area (Å²) in [6.45, 7) is 6.42. The van der Waals surface area contributed by atoms with E-state index in [1.165, 1.54) is 6.20 Å². The summed E-state index contributed by atoms with van der Waals surface area (Å²) in [5, 5.41) is 0. The number of anilines is 1. The topological polar surface area (TPSA) is 112 Å². The molecule has 0 aromatic carbocycles. The molecule has 124 valence electrons. The molecule has 7 nitrogen and oxygen atoms in total. The highest BCUT2D eigenvalue weighted by molar-refractivity contribution is 5.98. The lowest BCUT2D eigenvalue weighted by Gasteiger charge is -2.30. The zero-order valence-corrected chi connectivity index (χ0v) is 13.6. The lowest BCUT2D eigenvalue weighted by atomic mass is 10.0. The monoisotopic (exact) mass is 318 g/mol. The number of nitrogens with two attached hydrogens (primary N) is 2. The maximum Gasteiger partial charge on any atom is 0.410 e. The molecule has 0 atom stereocenters. The first-order chi connectivity index (χ1) is 10.7. The third-order valence-electron chi connectivity index (χ3n) is 3.33. The van der Waals surface area contributed by atoms with Crippen LogP contribution in [0.2, 0.25) is 0 Å². The van der Waals surface area contributed by atoms with Crippen molar-refractivity contribution in [3.63, 3.8) is 0 Å². The number of aromatic nitrogens is 1. The van der Waals surface area contributed by atoms with Crippen molar-refractivity contribution in [3.05, 3.63) is 29.6 Å². The van der Waals surface area contributed by atoms with Crippen molar-refractivity contribution < 1.29 is 14.3 Å². The van der Waals surface area contributed by atoms with Crippen molar-refractivity contribution in [1.29, 1.82) is 0 Å². The van der Waals surface area contributed by atoms with Gasteiger partial charge in [0.25, 0.3) is 5.91 Å². The van der Waals surface area contributed by atoms with E-state index in [1.54, 1.807) is 11.0 Å². The normalized spacial score (nSPS) is 15.1. The van der Waals surface area contributed by atoms with Crippen LogP contribution in [0.15, 0.2) is 18.3 Å². The SMILES string of the molecule is CC(C)(C)OC(=O)N1CCC=C(c2cc(C(N)=O)c(N)cn2)C1. The number of pyridine rings is 1. The molecule has 1 aromatic heterocycles. The summed E-state index contributed by atoms with van der Waals surface area (Å²) in [5.41, 5.74) is 12.3. The molecule has 0 spiro atoms. The molecule has 0 fully saturated rings. The van der Waals surface area contributed by atoms with Gasteiger partial charge in [0, 0.05) is 6.54 Å². The number of carbonyl (C=O) groups excluding carboxylic acids is 2. The van der Waals surface area contributed by atoms with Gasteiger partial charge in [0.05, 0.1) is 29.7 Å². The van der Waals surface area contributed by atoms with Crippen LogP contribution >= 0.6 is 0 Å². The van der Waals surface area contributed by atoms with Gasteiger partial charge in [0.2, 0.25) is 0 Å². The van der Waals surface area contributed by atoms with E-state index in [0.717, 1.165) is 5.57 Å². The summed E-state index contributed by atoms with van der Waals surface area (Å²) >= 11 is 0. The van der Waals surface area contributed by atoms with Gasteiger partial charge in [-0.25, -0.2) is 4.79 Å². The molecule has 7 heteroatoms. The first-order valence-electron chi connectivity index (χ1n) is 7.40. The highest BCUT2D eigenvalue weighted by Crippen LogP contribution is 2.23. The molecule has 0 radical (unpaired) electrons. The number of amides is 2. The Morgan fingerprint density at radius 1 is 1.35 bits per heavy atom. The van der Waals surface area contributed by atoms with E-state index < -0.39 is 11.5 Å². The molecule has 23 heavy (non-hydrogen) atoms. The van der Waals surface area contributed by atoms with E-state index in [-0.39, 0.29) is 17.3 Å². The van der Waals surface area contributed by atoms with E-state index >= 15 is 0 Å². The predicted molar refractivity (Wildman–Crippen MR) is 87.6 cm³/mol. The van der Waals surface area contributed by atoms with Crippen molar-refractivity contribution >= 4 is 23.3 Å². The molecule has 1 aliphatic rings. The van der Waals surface area contributed by atoms with Crippen molar-refractivity contribution in [1.82, 2.24) is 9.88 Å². The van der Waals surface area contributed by atoms with Crippen LogP contribution in [0.1, 0.15) is 43.2 Å². The second kappa shape index (κ2) is 6.28. The summed E-state index contributed by atoms with van der Waals surface area (Å²) in [4.78, 5) is 29.4. The maximum absolute atomic E-state index is 12.2. The van der Waals surface area contributed by atoms with Gasteiger partial charge in [-0.1, -0.05) is 6.08 Å². The van der Waals surface area contributed by atoms with E-state index in [9.17, 15) is 9.59 Å². The highest BCUT2D eigenvalue weighted by Gasteiger charge is 2.25. The molecular formula is C16H22N4O3. The van der Waals surface area contributed by atoms with Crippen molar-refractivity contribution in [3.8, 4) is 0 Å². The number of rotatable bonds is 2. The molecule has 0 aliphatic carbocycles. The minimum absolute atomic E-state index is 0.227. The molecule has 0 bridgehead atoms. The van der Waals surface area contributed by atoms with E-state index in [4.69, 9.17) is 16.2 Å². The van der Waals surface area contributed by atoms with E-state index in [0.29, 0.717) is 25.2 Å². The summed E-state index contributed by atoms with van der Waals surface area (Å²) in [6, 6.07) is 1.56. The Morgan fingerprint density at radius 3 is 2.65 bits per heavy atom. The number of hydrogen-bond donors (Lipinski definition) is 2. The number of primary amides is 1. The zero-order chi connectivity index (χ0) is 17.2. The Hall–Kier alpha value is -2.57. The van der Waals surface area contributed by atoms with Gasteiger partial charge >= 0.3 is 6.09 Å². The molecule has 0 saturated heterocycles. The number of ether oxygens (including phenoxy) is 1. The summed E-state index contributed by atoms with van der Waals surface area (Å²) in [5.74, 6) is -0.605. The molecule has 1 aliphatic heterocycles. The van der Waals surface area contributed by atoms with Crippen LogP contribution in [0.3, 0.4) is 0 Å². The van der Waals surface area contributed by atoms with Gasteiger partial charge < -0.3 is 21.1 Å². The molecule has 0 unspecified atom stereocenters. The predicted octanol–water partition coefficient (Wildman–Crippen LogP) is 1.79. The van der Waals surface area contributed by atoms with Crippen LogP contribution in [-0.2, 0) is 4.74 Å². The average molecular weight is 318 g/mol. The van der Waals surface area contributed by atoms with Crippen LogP contribution in [0.25, 0.3) is 5.57 Å². The summed E-state index contributed by atoms with van der Waals surface area (Å²) < 4.78 is 5.39. The number of hydrogen-bond acceptors (Lipinski definition) is 5. The fraction of sp³-hybridized carbons (Fsp3) is 0.438. The number of nitrogen functional groups attached to an aromatic ring is 1. The van der Waals surface area contributed by atoms with Gasteiger partial charge in [0.1, 0.15) is 5.60 Å². The lowest BCUT2D eigenvalue weighted by molar-refractivity contribution is 0.0273. The average Bonchev–Trinajstić information content (AvgIpc) is 2.46. The summed E-state index contributed by atoms with van der Waals surface area (Å²) in [7, 11) is 0.